The first-order valence-electron chi connectivity index (χ1n) is 10.1. The van der Waals surface area contributed by atoms with Crippen LogP contribution in [-0.4, -0.2) is 42.3 Å². The van der Waals surface area contributed by atoms with Crippen LogP contribution in [0.4, 0.5) is 0 Å². The molecule has 1 saturated heterocycles. The van der Waals surface area contributed by atoms with Crippen molar-refractivity contribution in [2.45, 2.75) is 63.5 Å². The summed E-state index contributed by atoms with van der Waals surface area (Å²) < 4.78 is 5.21. The van der Waals surface area contributed by atoms with E-state index >= 15 is 0 Å². The largest absolute Gasteiger partial charge is 0.497 e. The van der Waals surface area contributed by atoms with Crippen LogP contribution in [0.5, 0.6) is 5.75 Å². The lowest BCUT2D eigenvalue weighted by molar-refractivity contribution is 0.0369. The van der Waals surface area contributed by atoms with Crippen molar-refractivity contribution in [1.82, 2.24) is 15.5 Å². The molecule has 2 fully saturated rings. The molecule has 1 aliphatic heterocycles. The third-order valence-electron chi connectivity index (χ3n) is 6.00. The fraction of sp³-hybridized carbons (Fsp3) is 0.667. The monoisotopic (exact) mass is 375 g/mol. The van der Waals surface area contributed by atoms with E-state index in [9.17, 15) is 0 Å². The second-order valence-corrected chi connectivity index (χ2v) is 8.13. The number of nitrogens with zero attached hydrogens (tertiary/aromatic N) is 1. The number of methoxy groups -OCH3 is 1. The Labute approximate surface area is 163 Å². The van der Waals surface area contributed by atoms with Crippen molar-refractivity contribution in [2.24, 2.45) is 0 Å². The summed E-state index contributed by atoms with van der Waals surface area (Å²) >= 11 is 5.56. The SMILES string of the molecule is COc1ccc(CNC(=S)NCC2(N3CCCCC3)CCCCC2)cc1. The molecule has 0 spiro atoms. The maximum absolute atomic E-state index is 5.56. The first-order valence-corrected chi connectivity index (χ1v) is 10.5. The molecular weight excluding hydrogens is 342 g/mol. The Kier molecular flexibility index (Phi) is 7.15. The molecule has 5 heteroatoms. The number of piperidine rings is 1. The summed E-state index contributed by atoms with van der Waals surface area (Å²) in [6, 6.07) is 8.12. The summed E-state index contributed by atoms with van der Waals surface area (Å²) in [5.41, 5.74) is 1.52. The van der Waals surface area contributed by atoms with Crippen LogP contribution in [-0.2, 0) is 6.54 Å². The zero-order chi connectivity index (χ0) is 18.2. The van der Waals surface area contributed by atoms with E-state index in [1.54, 1.807) is 7.11 Å². The highest BCUT2D eigenvalue weighted by molar-refractivity contribution is 7.80. The smallest absolute Gasteiger partial charge is 0.166 e. The van der Waals surface area contributed by atoms with Gasteiger partial charge in [-0.05, 0) is 68.7 Å². The molecule has 0 atom stereocenters. The molecule has 4 nitrogen and oxygen atoms in total. The molecule has 3 rings (SSSR count). The van der Waals surface area contributed by atoms with Crippen molar-refractivity contribution in [3.05, 3.63) is 29.8 Å². The summed E-state index contributed by atoms with van der Waals surface area (Å²) in [4.78, 5) is 2.76. The molecule has 2 aliphatic rings. The minimum absolute atomic E-state index is 0.310. The molecule has 0 radical (unpaired) electrons. The number of benzene rings is 1. The van der Waals surface area contributed by atoms with Gasteiger partial charge in [0.15, 0.2) is 5.11 Å². The van der Waals surface area contributed by atoms with Crippen LogP contribution in [0.25, 0.3) is 0 Å². The van der Waals surface area contributed by atoms with Crippen molar-refractivity contribution < 1.29 is 4.74 Å². The Bertz CT molecular complexity index is 563. The second-order valence-electron chi connectivity index (χ2n) is 7.72. The highest BCUT2D eigenvalue weighted by Crippen LogP contribution is 2.35. The van der Waals surface area contributed by atoms with Gasteiger partial charge in [0.05, 0.1) is 7.11 Å². The predicted molar refractivity (Wildman–Crippen MR) is 112 cm³/mol. The first kappa shape index (κ1) is 19.4. The topological polar surface area (TPSA) is 36.5 Å². The van der Waals surface area contributed by atoms with Crippen LogP contribution < -0.4 is 15.4 Å². The van der Waals surface area contributed by atoms with Crippen LogP contribution in [0.15, 0.2) is 24.3 Å². The van der Waals surface area contributed by atoms with Crippen LogP contribution in [0.1, 0.15) is 56.9 Å². The predicted octanol–water partition coefficient (Wildman–Crippen LogP) is 3.85. The molecule has 1 aromatic rings. The maximum atomic E-state index is 5.56. The van der Waals surface area contributed by atoms with Crippen LogP contribution >= 0.6 is 12.2 Å². The number of hydrogen-bond acceptors (Lipinski definition) is 3. The Morgan fingerprint density at radius 2 is 1.65 bits per heavy atom. The van der Waals surface area contributed by atoms with Crippen molar-refractivity contribution >= 4 is 17.3 Å². The van der Waals surface area contributed by atoms with Gasteiger partial charge in [-0.2, -0.15) is 0 Å². The molecule has 1 saturated carbocycles. The van der Waals surface area contributed by atoms with Gasteiger partial charge in [-0.25, -0.2) is 0 Å². The van der Waals surface area contributed by atoms with Gasteiger partial charge in [0.1, 0.15) is 5.75 Å². The van der Waals surface area contributed by atoms with Crippen molar-refractivity contribution in [2.75, 3.05) is 26.7 Å². The number of nitrogens with one attached hydrogen (secondary N) is 2. The number of rotatable bonds is 6. The third-order valence-corrected chi connectivity index (χ3v) is 6.29. The molecule has 1 aromatic carbocycles. The van der Waals surface area contributed by atoms with Gasteiger partial charge in [0, 0.05) is 18.6 Å². The van der Waals surface area contributed by atoms with E-state index < -0.39 is 0 Å². The fourth-order valence-electron chi connectivity index (χ4n) is 4.42. The van der Waals surface area contributed by atoms with Crippen molar-refractivity contribution in [3.8, 4) is 5.75 Å². The highest BCUT2D eigenvalue weighted by atomic mass is 32.1. The zero-order valence-electron chi connectivity index (χ0n) is 16.1. The van der Waals surface area contributed by atoms with E-state index in [1.165, 1.54) is 70.0 Å². The first-order chi connectivity index (χ1) is 12.7. The van der Waals surface area contributed by atoms with E-state index in [0.29, 0.717) is 5.54 Å². The van der Waals surface area contributed by atoms with E-state index in [4.69, 9.17) is 17.0 Å². The van der Waals surface area contributed by atoms with Gasteiger partial charge in [-0.1, -0.05) is 37.8 Å². The molecule has 0 aromatic heterocycles. The summed E-state index contributed by atoms with van der Waals surface area (Å²) in [6.45, 7) is 4.23. The Morgan fingerprint density at radius 1 is 1.00 bits per heavy atom. The minimum atomic E-state index is 0.310. The van der Waals surface area contributed by atoms with Gasteiger partial charge in [0.2, 0.25) is 0 Å². The van der Waals surface area contributed by atoms with E-state index in [-0.39, 0.29) is 0 Å². The summed E-state index contributed by atoms with van der Waals surface area (Å²) in [6.07, 6.45) is 10.8. The lowest BCUT2D eigenvalue weighted by Crippen LogP contribution is -2.58. The van der Waals surface area contributed by atoms with Crippen molar-refractivity contribution in [3.63, 3.8) is 0 Å². The Hall–Kier alpha value is -1.33. The molecule has 1 heterocycles. The number of likely N-dealkylation sites (tertiary alicyclic amines) is 1. The zero-order valence-corrected chi connectivity index (χ0v) is 16.9. The van der Waals surface area contributed by atoms with E-state index in [2.05, 4.69) is 27.7 Å². The molecule has 144 valence electrons. The molecule has 26 heavy (non-hydrogen) atoms. The molecule has 1 aliphatic carbocycles. The number of hydrogen-bond donors (Lipinski definition) is 2. The lowest BCUT2D eigenvalue weighted by Gasteiger charge is -2.48. The molecule has 0 amide bonds. The quantitative estimate of drug-likeness (QED) is 0.739. The normalized spacial score (nSPS) is 20.3. The average molecular weight is 376 g/mol. The van der Waals surface area contributed by atoms with Gasteiger partial charge < -0.3 is 15.4 Å². The number of thiocarbonyl (C=S) groups is 1. The van der Waals surface area contributed by atoms with E-state index in [1.807, 2.05) is 12.1 Å². The van der Waals surface area contributed by atoms with Crippen LogP contribution in [0.3, 0.4) is 0 Å². The Balaban J connectivity index is 1.50. The molecule has 0 unspecified atom stereocenters. The number of ether oxygens (including phenoxy) is 1. The van der Waals surface area contributed by atoms with Gasteiger partial charge in [-0.15, -0.1) is 0 Å². The van der Waals surface area contributed by atoms with Gasteiger partial charge >= 0.3 is 0 Å². The van der Waals surface area contributed by atoms with Crippen LogP contribution in [0, 0.1) is 0 Å². The Morgan fingerprint density at radius 3 is 2.31 bits per heavy atom. The second kappa shape index (κ2) is 9.56. The maximum Gasteiger partial charge on any atom is 0.166 e. The third kappa shape index (κ3) is 5.10. The van der Waals surface area contributed by atoms with Gasteiger partial charge in [0.25, 0.3) is 0 Å². The average Bonchev–Trinajstić information content (AvgIpc) is 2.72. The summed E-state index contributed by atoms with van der Waals surface area (Å²) in [5.74, 6) is 0.884. The lowest BCUT2D eigenvalue weighted by atomic mass is 9.79. The van der Waals surface area contributed by atoms with E-state index in [0.717, 1.165) is 24.0 Å². The minimum Gasteiger partial charge on any atom is -0.497 e. The summed E-state index contributed by atoms with van der Waals surface area (Å²) in [5, 5.41) is 7.66. The summed E-state index contributed by atoms with van der Waals surface area (Å²) in [7, 11) is 1.69. The molecule has 0 bridgehead atoms. The van der Waals surface area contributed by atoms with Gasteiger partial charge in [-0.3, -0.25) is 4.90 Å². The standard InChI is InChI=1S/C21H33N3OS/c1-25-19-10-8-18(9-11-19)16-22-20(26)23-17-21(12-4-2-5-13-21)24-14-6-3-7-15-24/h8-11H,2-7,12-17H2,1H3,(H2,22,23,26). The van der Waals surface area contributed by atoms with Crippen LogP contribution in [0.2, 0.25) is 0 Å². The van der Waals surface area contributed by atoms with Crippen molar-refractivity contribution in [1.29, 1.82) is 0 Å². The highest BCUT2D eigenvalue weighted by Gasteiger charge is 2.38. The molecular formula is C21H33N3OS. The molecule has 2 N–H and O–H groups in total. The fourth-order valence-corrected chi connectivity index (χ4v) is 4.56.